The molecule has 2 aromatic heterocycles. The number of nitrogens with one attached hydrogen (secondary N) is 1. The van der Waals surface area contributed by atoms with E-state index in [2.05, 4.69) is 82.9 Å². The first-order chi connectivity index (χ1) is 17.3. The van der Waals surface area contributed by atoms with Gasteiger partial charge in [0, 0.05) is 53.8 Å². The van der Waals surface area contributed by atoms with Crippen LogP contribution in [0, 0.1) is 20.8 Å². The zero-order chi connectivity index (χ0) is 25.6. The highest BCUT2D eigenvalue weighted by molar-refractivity contribution is 7.80. The van der Waals surface area contributed by atoms with Gasteiger partial charge in [0.1, 0.15) is 0 Å². The lowest BCUT2D eigenvalue weighted by Gasteiger charge is -2.28. The number of benzene rings is 2. The monoisotopic (exact) mass is 515 g/mol. The highest BCUT2D eigenvalue weighted by Crippen LogP contribution is 2.44. The summed E-state index contributed by atoms with van der Waals surface area (Å²) in [5.74, 6) is 0. The summed E-state index contributed by atoms with van der Waals surface area (Å²) in [5, 5.41) is 5.03. The molecule has 7 heteroatoms. The summed E-state index contributed by atoms with van der Waals surface area (Å²) in [6.07, 6.45) is 1.84. The van der Waals surface area contributed by atoms with E-state index in [9.17, 15) is 0 Å². The molecule has 1 aliphatic rings. The molecule has 0 saturated carbocycles. The van der Waals surface area contributed by atoms with Crippen molar-refractivity contribution in [2.24, 2.45) is 0 Å². The molecular formula is C29H30ClN5S. The molecule has 1 N–H and O–H groups in total. The predicted octanol–water partition coefficient (Wildman–Crippen LogP) is 6.69. The van der Waals surface area contributed by atoms with E-state index in [1.807, 2.05) is 44.6 Å². The molecule has 0 amide bonds. The Hall–Kier alpha value is -3.35. The average molecular weight is 516 g/mol. The van der Waals surface area contributed by atoms with Crippen LogP contribution in [-0.2, 0) is 0 Å². The van der Waals surface area contributed by atoms with Gasteiger partial charge in [-0.25, -0.2) is 0 Å². The van der Waals surface area contributed by atoms with Crippen LogP contribution in [0.2, 0.25) is 5.02 Å². The predicted molar refractivity (Wildman–Crippen MR) is 154 cm³/mol. The van der Waals surface area contributed by atoms with Crippen LogP contribution in [0.25, 0.3) is 5.69 Å². The van der Waals surface area contributed by atoms with E-state index < -0.39 is 0 Å². The largest absolute Gasteiger partial charge is 0.378 e. The van der Waals surface area contributed by atoms with E-state index in [1.165, 1.54) is 5.56 Å². The van der Waals surface area contributed by atoms with Gasteiger partial charge in [-0.05, 0) is 98.7 Å². The molecule has 1 aliphatic heterocycles. The smallest absolute Gasteiger partial charge is 0.174 e. The number of thiocarbonyl (C=S) groups is 1. The lowest BCUT2D eigenvalue weighted by molar-refractivity contribution is 0.565. The molecule has 2 atom stereocenters. The first kappa shape index (κ1) is 24.3. The highest BCUT2D eigenvalue weighted by atomic mass is 35.5. The summed E-state index contributed by atoms with van der Waals surface area (Å²) >= 11 is 12.4. The Bertz CT molecular complexity index is 1410. The normalized spacial score (nSPS) is 17.4. The number of anilines is 2. The van der Waals surface area contributed by atoms with E-state index in [4.69, 9.17) is 28.8 Å². The van der Waals surface area contributed by atoms with E-state index >= 15 is 0 Å². The Kier molecular flexibility index (Phi) is 6.49. The topological polar surface area (TPSA) is 36.3 Å². The van der Waals surface area contributed by atoms with Gasteiger partial charge in [0.15, 0.2) is 5.11 Å². The van der Waals surface area contributed by atoms with Gasteiger partial charge < -0.3 is 19.7 Å². The maximum Gasteiger partial charge on any atom is 0.174 e. The zero-order valence-electron chi connectivity index (χ0n) is 21.2. The summed E-state index contributed by atoms with van der Waals surface area (Å²) in [5.41, 5.74) is 8.80. The lowest BCUT2D eigenvalue weighted by atomic mass is 9.96. The fourth-order valence-corrected chi connectivity index (χ4v) is 5.67. The Morgan fingerprint density at radius 3 is 2.39 bits per heavy atom. The fraction of sp³-hybridized carbons (Fsp3) is 0.241. The molecule has 2 aromatic carbocycles. The third-order valence-corrected chi connectivity index (χ3v) is 7.74. The molecule has 5 nitrogen and oxygen atoms in total. The Balaban J connectivity index is 1.68. The minimum Gasteiger partial charge on any atom is -0.378 e. The standard InChI is InChI=1S/C29H30ClN5S/c1-18-17-23(20(3)34(18)26-11-8-9-24(30)19(26)2)28-27(25-10-6-7-16-31-25)32-29(36)35(28)22-14-12-21(13-15-22)33(4)5/h6-17,27-28H,1-5H3,(H,32,36)/t27-,28+/m1/s1. The fourth-order valence-electron chi connectivity index (χ4n) is 5.16. The number of aromatic nitrogens is 2. The summed E-state index contributed by atoms with van der Waals surface area (Å²) < 4.78 is 2.29. The van der Waals surface area contributed by atoms with Crippen LogP contribution in [0.3, 0.4) is 0 Å². The maximum atomic E-state index is 6.50. The molecule has 184 valence electrons. The summed E-state index contributed by atoms with van der Waals surface area (Å²) in [6, 6.07) is 22.7. The van der Waals surface area contributed by atoms with Crippen molar-refractivity contribution in [1.29, 1.82) is 0 Å². The van der Waals surface area contributed by atoms with Crippen molar-refractivity contribution >= 4 is 40.3 Å². The molecule has 36 heavy (non-hydrogen) atoms. The average Bonchev–Trinajstić information content (AvgIpc) is 3.36. The Labute approximate surface area is 223 Å². The molecule has 3 heterocycles. The van der Waals surface area contributed by atoms with Crippen LogP contribution >= 0.6 is 23.8 Å². The molecule has 0 spiro atoms. The molecule has 5 rings (SSSR count). The van der Waals surface area contributed by atoms with E-state index in [0.717, 1.165) is 44.7 Å². The van der Waals surface area contributed by atoms with Crippen LogP contribution in [-0.4, -0.2) is 28.8 Å². The second-order valence-electron chi connectivity index (χ2n) is 9.45. The number of nitrogens with zero attached hydrogens (tertiary/aromatic N) is 4. The second kappa shape index (κ2) is 9.60. The molecule has 0 unspecified atom stereocenters. The second-order valence-corrected chi connectivity index (χ2v) is 10.2. The Morgan fingerprint density at radius 2 is 1.72 bits per heavy atom. The maximum absolute atomic E-state index is 6.50. The van der Waals surface area contributed by atoms with Gasteiger partial charge in [0.05, 0.1) is 17.8 Å². The Morgan fingerprint density at radius 1 is 0.972 bits per heavy atom. The molecular weight excluding hydrogens is 486 g/mol. The molecule has 1 saturated heterocycles. The quantitative estimate of drug-likeness (QED) is 0.299. The first-order valence-electron chi connectivity index (χ1n) is 12.0. The third-order valence-electron chi connectivity index (χ3n) is 7.01. The number of halogens is 1. The molecule has 0 bridgehead atoms. The van der Waals surface area contributed by atoms with Crippen LogP contribution < -0.4 is 15.1 Å². The first-order valence-corrected chi connectivity index (χ1v) is 12.8. The minimum absolute atomic E-state index is 0.0722. The minimum atomic E-state index is -0.0957. The van der Waals surface area contributed by atoms with Gasteiger partial charge in [-0.1, -0.05) is 23.7 Å². The van der Waals surface area contributed by atoms with Crippen molar-refractivity contribution in [3.8, 4) is 5.69 Å². The highest BCUT2D eigenvalue weighted by Gasteiger charge is 2.42. The third kappa shape index (κ3) is 4.14. The van der Waals surface area contributed by atoms with Gasteiger partial charge in [-0.2, -0.15) is 0 Å². The number of aryl methyl sites for hydroxylation is 1. The van der Waals surface area contributed by atoms with Gasteiger partial charge in [-0.15, -0.1) is 0 Å². The number of rotatable bonds is 5. The van der Waals surface area contributed by atoms with Gasteiger partial charge >= 0.3 is 0 Å². The number of hydrogen-bond donors (Lipinski definition) is 1. The van der Waals surface area contributed by atoms with Crippen LogP contribution in [0.5, 0.6) is 0 Å². The summed E-state index contributed by atoms with van der Waals surface area (Å²) in [6.45, 7) is 6.38. The van der Waals surface area contributed by atoms with Gasteiger partial charge in [0.25, 0.3) is 0 Å². The lowest BCUT2D eigenvalue weighted by Crippen LogP contribution is -2.29. The van der Waals surface area contributed by atoms with Crippen LogP contribution in [0.15, 0.2) is 72.9 Å². The van der Waals surface area contributed by atoms with Crippen molar-refractivity contribution in [2.75, 3.05) is 23.9 Å². The van der Waals surface area contributed by atoms with Crippen LogP contribution in [0.4, 0.5) is 11.4 Å². The van der Waals surface area contributed by atoms with Crippen molar-refractivity contribution in [3.63, 3.8) is 0 Å². The SMILES string of the molecule is Cc1c(Cl)cccc1-n1c(C)cc([C@H]2[C@@H](c3ccccn3)NC(=S)N2c2ccc(N(C)C)cc2)c1C. The number of hydrogen-bond acceptors (Lipinski definition) is 3. The van der Waals surface area contributed by atoms with Crippen LogP contribution in [0.1, 0.15) is 40.3 Å². The summed E-state index contributed by atoms with van der Waals surface area (Å²) in [4.78, 5) is 9.02. The van der Waals surface area contributed by atoms with Crippen molar-refractivity contribution in [1.82, 2.24) is 14.9 Å². The van der Waals surface area contributed by atoms with E-state index in [-0.39, 0.29) is 12.1 Å². The molecule has 0 radical (unpaired) electrons. The van der Waals surface area contributed by atoms with E-state index in [0.29, 0.717) is 5.11 Å². The van der Waals surface area contributed by atoms with Gasteiger partial charge in [0.2, 0.25) is 0 Å². The van der Waals surface area contributed by atoms with Crippen molar-refractivity contribution in [3.05, 3.63) is 106 Å². The molecule has 0 aliphatic carbocycles. The summed E-state index contributed by atoms with van der Waals surface area (Å²) in [7, 11) is 4.09. The zero-order valence-corrected chi connectivity index (χ0v) is 22.7. The molecule has 1 fully saturated rings. The molecule has 4 aromatic rings. The van der Waals surface area contributed by atoms with Crippen molar-refractivity contribution in [2.45, 2.75) is 32.9 Å². The van der Waals surface area contributed by atoms with E-state index in [1.54, 1.807) is 0 Å². The van der Waals surface area contributed by atoms with Crippen molar-refractivity contribution < 1.29 is 0 Å². The number of pyridine rings is 1. The van der Waals surface area contributed by atoms with Gasteiger partial charge in [-0.3, -0.25) is 4.98 Å².